The molecule has 4 aromatic rings. The maximum Gasteiger partial charge on any atom is 0.257 e. The molecule has 108 valence electrons. The molecule has 0 saturated heterocycles. The first kappa shape index (κ1) is 13.1. The second-order valence-corrected chi connectivity index (χ2v) is 5.70. The molecule has 2 aromatic carbocycles. The molecule has 2 aromatic heterocycles. The van der Waals surface area contributed by atoms with E-state index < -0.39 is 0 Å². The zero-order chi connectivity index (χ0) is 14.9. The van der Waals surface area contributed by atoms with Gasteiger partial charge in [-0.15, -0.1) is 0 Å². The number of hydrogen-bond acceptors (Lipinski definition) is 6. The minimum atomic E-state index is 0.499. The molecule has 0 radical (unpaired) electrons. The SMILES string of the molecule is Nc1nc(CSc2nc3ccccc3o2)nc2ccccc12. The van der Waals surface area contributed by atoms with Crippen LogP contribution in [0.1, 0.15) is 5.82 Å². The average Bonchev–Trinajstić information content (AvgIpc) is 2.96. The number of benzene rings is 2. The summed E-state index contributed by atoms with van der Waals surface area (Å²) >= 11 is 1.46. The predicted molar refractivity (Wildman–Crippen MR) is 87.5 cm³/mol. The van der Waals surface area contributed by atoms with E-state index in [0.717, 1.165) is 22.0 Å². The molecule has 2 heterocycles. The third kappa shape index (κ3) is 2.37. The van der Waals surface area contributed by atoms with Crippen LogP contribution in [0.3, 0.4) is 0 Å². The Labute approximate surface area is 130 Å². The molecule has 0 amide bonds. The molecule has 0 spiro atoms. The van der Waals surface area contributed by atoms with Crippen LogP contribution in [0.4, 0.5) is 5.82 Å². The number of hydrogen-bond donors (Lipinski definition) is 1. The van der Waals surface area contributed by atoms with Crippen molar-refractivity contribution < 1.29 is 4.42 Å². The molecular formula is C16H12N4OS. The molecule has 0 aliphatic rings. The Hall–Kier alpha value is -2.60. The molecule has 0 bridgehead atoms. The Balaban J connectivity index is 1.60. The van der Waals surface area contributed by atoms with Crippen molar-refractivity contribution in [3.8, 4) is 0 Å². The summed E-state index contributed by atoms with van der Waals surface area (Å²) in [5.41, 5.74) is 8.47. The summed E-state index contributed by atoms with van der Waals surface area (Å²) in [5.74, 6) is 1.73. The Morgan fingerprint density at radius 2 is 1.68 bits per heavy atom. The molecule has 2 N–H and O–H groups in total. The third-order valence-corrected chi connectivity index (χ3v) is 4.10. The van der Waals surface area contributed by atoms with E-state index in [1.165, 1.54) is 11.8 Å². The van der Waals surface area contributed by atoms with E-state index in [4.69, 9.17) is 10.2 Å². The van der Waals surface area contributed by atoms with Gasteiger partial charge in [0.1, 0.15) is 17.2 Å². The summed E-state index contributed by atoms with van der Waals surface area (Å²) in [6, 6.07) is 15.4. The van der Waals surface area contributed by atoms with Gasteiger partial charge < -0.3 is 10.2 Å². The first-order chi connectivity index (χ1) is 10.8. The van der Waals surface area contributed by atoms with Gasteiger partial charge in [-0.05, 0) is 24.3 Å². The number of nitrogen functional groups attached to an aromatic ring is 1. The van der Waals surface area contributed by atoms with Crippen molar-refractivity contribution in [1.82, 2.24) is 15.0 Å². The van der Waals surface area contributed by atoms with E-state index in [0.29, 0.717) is 22.6 Å². The highest BCUT2D eigenvalue weighted by atomic mass is 32.2. The van der Waals surface area contributed by atoms with E-state index in [1.54, 1.807) is 0 Å². The lowest BCUT2D eigenvalue weighted by Gasteiger charge is -2.03. The van der Waals surface area contributed by atoms with Crippen LogP contribution < -0.4 is 5.73 Å². The number of anilines is 1. The smallest absolute Gasteiger partial charge is 0.257 e. The number of thioether (sulfide) groups is 1. The van der Waals surface area contributed by atoms with Gasteiger partial charge >= 0.3 is 0 Å². The first-order valence-corrected chi connectivity index (χ1v) is 7.78. The van der Waals surface area contributed by atoms with E-state index in [2.05, 4.69) is 15.0 Å². The third-order valence-electron chi connectivity index (χ3n) is 3.28. The number of nitrogens with two attached hydrogens (primary N) is 1. The number of rotatable bonds is 3. The van der Waals surface area contributed by atoms with Crippen molar-refractivity contribution in [3.05, 3.63) is 54.4 Å². The lowest BCUT2D eigenvalue weighted by atomic mass is 10.2. The second kappa shape index (κ2) is 5.31. The summed E-state index contributed by atoms with van der Waals surface area (Å²) < 4.78 is 5.67. The van der Waals surface area contributed by atoms with Gasteiger partial charge in [0.05, 0.1) is 11.3 Å². The topological polar surface area (TPSA) is 77.8 Å². The Morgan fingerprint density at radius 1 is 0.909 bits per heavy atom. The van der Waals surface area contributed by atoms with Crippen molar-refractivity contribution in [1.29, 1.82) is 0 Å². The highest BCUT2D eigenvalue weighted by molar-refractivity contribution is 7.98. The van der Waals surface area contributed by atoms with Gasteiger partial charge in [0.2, 0.25) is 0 Å². The molecule has 22 heavy (non-hydrogen) atoms. The van der Waals surface area contributed by atoms with Crippen molar-refractivity contribution in [2.45, 2.75) is 11.0 Å². The van der Waals surface area contributed by atoms with Crippen LogP contribution in [-0.4, -0.2) is 15.0 Å². The van der Waals surface area contributed by atoms with Gasteiger partial charge in [-0.3, -0.25) is 0 Å². The molecule has 0 saturated carbocycles. The van der Waals surface area contributed by atoms with Gasteiger partial charge in [-0.1, -0.05) is 36.0 Å². The van der Waals surface area contributed by atoms with E-state index in [9.17, 15) is 0 Å². The number of para-hydroxylation sites is 3. The lowest BCUT2D eigenvalue weighted by molar-refractivity contribution is 0.489. The molecule has 0 aliphatic carbocycles. The summed E-state index contributed by atoms with van der Waals surface area (Å²) in [6.07, 6.45) is 0. The largest absolute Gasteiger partial charge is 0.431 e. The minimum absolute atomic E-state index is 0.499. The maximum absolute atomic E-state index is 5.99. The average molecular weight is 308 g/mol. The molecule has 0 unspecified atom stereocenters. The van der Waals surface area contributed by atoms with Crippen LogP contribution in [0.15, 0.2) is 58.2 Å². The van der Waals surface area contributed by atoms with Crippen molar-refractivity contribution in [2.75, 3.05) is 5.73 Å². The zero-order valence-electron chi connectivity index (χ0n) is 11.6. The van der Waals surface area contributed by atoms with Crippen molar-refractivity contribution in [2.24, 2.45) is 0 Å². The monoisotopic (exact) mass is 308 g/mol. The van der Waals surface area contributed by atoms with Gasteiger partial charge in [0.15, 0.2) is 5.58 Å². The fourth-order valence-corrected chi connectivity index (χ4v) is 2.95. The molecule has 4 rings (SSSR count). The van der Waals surface area contributed by atoms with Crippen LogP contribution >= 0.6 is 11.8 Å². The van der Waals surface area contributed by atoms with Crippen LogP contribution in [0.2, 0.25) is 0 Å². The normalized spacial score (nSPS) is 11.3. The predicted octanol–water partition coefficient (Wildman–Crippen LogP) is 3.65. The second-order valence-electron chi connectivity index (χ2n) is 4.78. The summed E-state index contributed by atoms with van der Waals surface area (Å²) in [7, 11) is 0. The summed E-state index contributed by atoms with van der Waals surface area (Å²) in [5, 5.41) is 1.48. The lowest BCUT2D eigenvalue weighted by Crippen LogP contribution is -1.99. The number of nitrogens with zero attached hydrogens (tertiary/aromatic N) is 3. The number of oxazole rings is 1. The van der Waals surface area contributed by atoms with Crippen LogP contribution in [-0.2, 0) is 5.75 Å². The van der Waals surface area contributed by atoms with Crippen LogP contribution in [0.25, 0.3) is 22.0 Å². The Morgan fingerprint density at radius 3 is 2.55 bits per heavy atom. The fourth-order valence-electron chi connectivity index (χ4n) is 2.25. The van der Waals surface area contributed by atoms with E-state index in [-0.39, 0.29) is 0 Å². The Kier molecular flexibility index (Phi) is 3.16. The fraction of sp³-hybridized carbons (Fsp3) is 0.0625. The minimum Gasteiger partial charge on any atom is -0.431 e. The molecule has 0 aliphatic heterocycles. The van der Waals surface area contributed by atoms with Crippen LogP contribution in [0, 0.1) is 0 Å². The maximum atomic E-state index is 5.99. The molecule has 0 fully saturated rings. The number of fused-ring (bicyclic) bond motifs is 2. The highest BCUT2D eigenvalue weighted by Gasteiger charge is 2.09. The van der Waals surface area contributed by atoms with Crippen LogP contribution in [0.5, 0.6) is 0 Å². The van der Waals surface area contributed by atoms with Crippen molar-refractivity contribution in [3.63, 3.8) is 0 Å². The molecular weight excluding hydrogens is 296 g/mol. The molecule has 0 atom stereocenters. The zero-order valence-corrected chi connectivity index (χ0v) is 12.4. The molecule has 5 nitrogen and oxygen atoms in total. The summed E-state index contributed by atoms with van der Waals surface area (Å²) in [6.45, 7) is 0. The quantitative estimate of drug-likeness (QED) is 0.582. The summed E-state index contributed by atoms with van der Waals surface area (Å²) in [4.78, 5) is 13.3. The van der Waals surface area contributed by atoms with E-state index >= 15 is 0 Å². The van der Waals surface area contributed by atoms with E-state index in [1.807, 2.05) is 48.5 Å². The van der Waals surface area contributed by atoms with Gasteiger partial charge in [-0.2, -0.15) is 0 Å². The van der Waals surface area contributed by atoms with Gasteiger partial charge in [0, 0.05) is 5.39 Å². The van der Waals surface area contributed by atoms with Gasteiger partial charge in [-0.25, -0.2) is 15.0 Å². The highest BCUT2D eigenvalue weighted by Crippen LogP contribution is 2.26. The first-order valence-electron chi connectivity index (χ1n) is 6.79. The van der Waals surface area contributed by atoms with Gasteiger partial charge in [0.25, 0.3) is 5.22 Å². The molecule has 6 heteroatoms. The Bertz CT molecular complexity index is 934. The number of aromatic nitrogens is 3. The standard InChI is InChI=1S/C16H12N4OS/c17-15-10-5-1-2-6-11(10)18-14(20-15)9-22-16-19-12-7-3-4-8-13(12)21-16/h1-8H,9H2,(H2,17,18,20). The van der Waals surface area contributed by atoms with Crippen molar-refractivity contribution >= 4 is 39.6 Å².